The number of nitrogens with zero attached hydrogens (tertiary/aromatic N) is 1. The second-order valence-electron chi connectivity index (χ2n) is 5.73. The minimum Gasteiger partial charge on any atom is -0.420 e. The quantitative estimate of drug-likeness (QED) is 0.272. The Balaban J connectivity index is 2.12. The van der Waals surface area contributed by atoms with Gasteiger partial charge in [-0.1, -0.05) is 0 Å². The maximum Gasteiger partial charge on any atom is 0.487 e. The lowest BCUT2D eigenvalue weighted by Crippen LogP contribution is -2.23. The number of rotatable bonds is 9. The molecule has 0 saturated heterocycles. The fourth-order valence-corrected chi connectivity index (χ4v) is 2.30. The van der Waals surface area contributed by atoms with Gasteiger partial charge in [0.1, 0.15) is 11.4 Å². The summed E-state index contributed by atoms with van der Waals surface area (Å²) in [6, 6.07) is 8.54. The van der Waals surface area contributed by atoms with Crippen molar-refractivity contribution >= 4 is 34.6 Å². The van der Waals surface area contributed by atoms with Crippen LogP contribution in [-0.4, -0.2) is 45.9 Å². The molecule has 9 nitrogen and oxygen atoms in total. The highest BCUT2D eigenvalue weighted by Gasteiger charge is 2.27. The lowest BCUT2D eigenvalue weighted by atomic mass is 10.1. The molecule has 0 aliphatic rings. The van der Waals surface area contributed by atoms with Gasteiger partial charge in [-0.05, 0) is 36.4 Å². The number of benzene rings is 2. The number of nitrogens with one attached hydrogen (secondary N) is 2. The number of carbonyl (C=O) groups is 1. The number of hydrogen-bond acceptors (Lipinski definition) is 7. The summed E-state index contributed by atoms with van der Waals surface area (Å²) in [4.78, 5) is 22.9. The van der Waals surface area contributed by atoms with Crippen LogP contribution in [0.4, 0.5) is 25.8 Å². The predicted molar refractivity (Wildman–Crippen MR) is 101 cm³/mol. The van der Waals surface area contributed by atoms with Gasteiger partial charge in [0.05, 0.1) is 17.6 Å². The molecule has 1 atom stereocenters. The number of carbonyl (C=O) groups excluding carboxylic acids is 1. The number of ether oxygens (including phenoxy) is 1. The minimum atomic E-state index is -3.87. The zero-order valence-corrected chi connectivity index (χ0v) is 15.4. The fourth-order valence-electron chi connectivity index (χ4n) is 2.21. The van der Waals surface area contributed by atoms with Crippen LogP contribution in [-0.2, 0) is 0 Å². The lowest BCUT2D eigenvalue weighted by Gasteiger charge is -2.12. The minimum absolute atomic E-state index is 0.0300. The molecule has 2 rings (SSSR count). The predicted octanol–water partition coefficient (Wildman–Crippen LogP) is 2.78. The third-order valence-electron chi connectivity index (χ3n) is 3.54. The monoisotopic (exact) mass is 431 g/mol. The topological polar surface area (TPSA) is 134 Å². The van der Waals surface area contributed by atoms with Crippen LogP contribution in [0.25, 0.3) is 0 Å². The van der Waals surface area contributed by atoms with Crippen molar-refractivity contribution in [2.45, 2.75) is 11.7 Å². The first-order valence-corrected chi connectivity index (χ1v) is 8.45. The van der Waals surface area contributed by atoms with Crippen LogP contribution in [0.3, 0.4) is 0 Å². The highest BCUT2D eigenvalue weighted by Crippen LogP contribution is 2.28. The van der Waals surface area contributed by atoms with Crippen molar-refractivity contribution in [1.29, 1.82) is 0 Å². The molecule has 4 N–H and O–H groups in total. The average molecular weight is 432 g/mol. The van der Waals surface area contributed by atoms with Crippen LogP contribution >= 0.6 is 11.6 Å². The van der Waals surface area contributed by atoms with E-state index < -0.39 is 34.8 Å². The Bertz CT molecular complexity index is 876. The van der Waals surface area contributed by atoms with E-state index in [9.17, 15) is 28.8 Å². The summed E-state index contributed by atoms with van der Waals surface area (Å²) in [5.74, 6) is -0.898. The normalized spacial score (nSPS) is 12.2. The molecule has 0 saturated carbocycles. The molecular formula is C17H16ClF2N3O6. The van der Waals surface area contributed by atoms with Gasteiger partial charge < -0.3 is 25.6 Å². The molecule has 1 amide bonds. The van der Waals surface area contributed by atoms with Gasteiger partial charge >= 0.3 is 5.57 Å². The number of aliphatic hydroxyl groups excluding tert-OH is 2. The maximum absolute atomic E-state index is 12.6. The molecule has 0 spiro atoms. The number of alkyl halides is 3. The first-order chi connectivity index (χ1) is 13.6. The molecule has 0 aliphatic carbocycles. The van der Waals surface area contributed by atoms with E-state index in [-0.39, 0.29) is 29.2 Å². The van der Waals surface area contributed by atoms with Gasteiger partial charge in [-0.25, -0.2) is 0 Å². The molecule has 156 valence electrons. The molecule has 0 aromatic heterocycles. The Morgan fingerprint density at radius 3 is 2.48 bits per heavy atom. The standard InChI is InChI=1S/C17H16ClF2N3O6/c18-17(19,20)29-13-4-2-11(3-5-13)22-16(26)10-1-6-14(15(7-10)23(27)28)21-8-12(25)9-24/h1-7,12,21,24-25H,8-9H2,(H,22,26). The van der Waals surface area contributed by atoms with E-state index in [4.69, 9.17) is 5.11 Å². The molecular weight excluding hydrogens is 416 g/mol. The van der Waals surface area contributed by atoms with Crippen molar-refractivity contribution in [3.63, 3.8) is 0 Å². The number of halogens is 3. The summed E-state index contributed by atoms with van der Waals surface area (Å²) in [5.41, 5.74) is -4.01. The van der Waals surface area contributed by atoms with E-state index in [1.165, 1.54) is 24.3 Å². The molecule has 2 aromatic carbocycles. The molecule has 2 aromatic rings. The van der Waals surface area contributed by atoms with Gasteiger partial charge in [0.2, 0.25) is 0 Å². The van der Waals surface area contributed by atoms with Crippen LogP contribution in [0, 0.1) is 10.1 Å². The van der Waals surface area contributed by atoms with Gasteiger partial charge in [0.15, 0.2) is 0 Å². The van der Waals surface area contributed by atoms with E-state index in [0.717, 1.165) is 18.2 Å². The summed E-state index contributed by atoms with van der Waals surface area (Å²) in [7, 11) is 0. The number of hydrogen-bond donors (Lipinski definition) is 4. The lowest BCUT2D eigenvalue weighted by molar-refractivity contribution is -0.384. The SMILES string of the molecule is O=C(Nc1ccc(OC(F)(F)Cl)cc1)c1ccc(NCC(O)CO)c([N+](=O)[O-])c1. The van der Waals surface area contributed by atoms with E-state index in [1.54, 1.807) is 0 Å². The number of nitro groups is 1. The van der Waals surface area contributed by atoms with Gasteiger partial charge in [0, 0.05) is 35.5 Å². The molecule has 12 heteroatoms. The number of aliphatic hydroxyl groups is 2. The van der Waals surface area contributed by atoms with Crippen molar-refractivity contribution in [2.75, 3.05) is 23.8 Å². The van der Waals surface area contributed by atoms with Crippen LogP contribution < -0.4 is 15.4 Å². The largest absolute Gasteiger partial charge is 0.487 e. The van der Waals surface area contributed by atoms with Gasteiger partial charge in [0.25, 0.3) is 11.6 Å². The molecule has 0 bridgehead atoms. The molecule has 0 aliphatic heterocycles. The number of amides is 1. The summed E-state index contributed by atoms with van der Waals surface area (Å²) < 4.78 is 29.3. The van der Waals surface area contributed by atoms with Crippen molar-refractivity contribution in [3.8, 4) is 5.75 Å². The van der Waals surface area contributed by atoms with Crippen molar-refractivity contribution < 1.29 is 33.4 Å². The smallest absolute Gasteiger partial charge is 0.420 e. The van der Waals surface area contributed by atoms with Gasteiger partial charge in [-0.3, -0.25) is 14.9 Å². The van der Waals surface area contributed by atoms with Gasteiger partial charge in [-0.2, -0.15) is 0 Å². The number of anilines is 2. The third kappa shape index (κ3) is 6.82. The highest BCUT2D eigenvalue weighted by molar-refractivity contribution is 6.20. The van der Waals surface area contributed by atoms with E-state index in [2.05, 4.69) is 27.0 Å². The maximum atomic E-state index is 12.6. The first-order valence-electron chi connectivity index (χ1n) is 8.07. The van der Waals surface area contributed by atoms with Crippen LogP contribution in [0.1, 0.15) is 10.4 Å². The highest BCUT2D eigenvalue weighted by atomic mass is 35.5. The number of nitro benzene ring substituents is 1. The Labute approximate surface area is 168 Å². The third-order valence-corrected chi connectivity index (χ3v) is 3.62. The Morgan fingerprint density at radius 1 is 1.28 bits per heavy atom. The van der Waals surface area contributed by atoms with Crippen LogP contribution in [0.15, 0.2) is 42.5 Å². The summed E-state index contributed by atoms with van der Waals surface area (Å²) >= 11 is 4.66. The summed E-state index contributed by atoms with van der Waals surface area (Å²) in [6.45, 7) is -0.647. The molecule has 29 heavy (non-hydrogen) atoms. The second-order valence-corrected chi connectivity index (χ2v) is 6.17. The van der Waals surface area contributed by atoms with Gasteiger partial charge in [-0.15, -0.1) is 8.78 Å². The van der Waals surface area contributed by atoms with Crippen LogP contribution in [0.2, 0.25) is 0 Å². The molecule has 1 unspecified atom stereocenters. The average Bonchev–Trinajstić information content (AvgIpc) is 2.66. The summed E-state index contributed by atoms with van der Waals surface area (Å²) in [6.07, 6.45) is -1.11. The van der Waals surface area contributed by atoms with Crippen molar-refractivity contribution in [3.05, 3.63) is 58.1 Å². The van der Waals surface area contributed by atoms with E-state index >= 15 is 0 Å². The molecule has 0 radical (unpaired) electrons. The Morgan fingerprint density at radius 2 is 1.93 bits per heavy atom. The van der Waals surface area contributed by atoms with E-state index in [1.807, 2.05) is 0 Å². The van der Waals surface area contributed by atoms with Crippen LogP contribution in [0.5, 0.6) is 5.75 Å². The fraction of sp³-hybridized carbons (Fsp3) is 0.235. The van der Waals surface area contributed by atoms with Crippen molar-refractivity contribution in [2.24, 2.45) is 0 Å². The zero-order valence-electron chi connectivity index (χ0n) is 14.6. The first kappa shape index (κ1) is 22.3. The van der Waals surface area contributed by atoms with E-state index in [0.29, 0.717) is 0 Å². The molecule has 0 heterocycles. The Kier molecular flexibility index (Phi) is 7.26. The summed E-state index contributed by atoms with van der Waals surface area (Å²) in [5, 5.41) is 34.5. The Hall–Kier alpha value is -3.02. The van der Waals surface area contributed by atoms with Crippen molar-refractivity contribution in [1.82, 2.24) is 0 Å². The zero-order chi connectivity index (χ0) is 21.6. The second kappa shape index (κ2) is 9.45. The molecule has 0 fully saturated rings.